The summed E-state index contributed by atoms with van der Waals surface area (Å²) in [5.41, 5.74) is 0.983. The Morgan fingerprint density at radius 1 is 1.10 bits per heavy atom. The lowest BCUT2D eigenvalue weighted by Crippen LogP contribution is -2.51. The zero-order valence-electron chi connectivity index (χ0n) is 17.4. The number of thiophene rings is 2. The Morgan fingerprint density at radius 3 is 2.45 bits per heavy atom. The second-order valence-corrected chi connectivity index (χ2v) is 9.57. The molecule has 0 aliphatic carbocycles. The number of nitrogens with one attached hydrogen (secondary N) is 1. The van der Waals surface area contributed by atoms with Crippen LogP contribution in [0.4, 0.5) is 0 Å². The van der Waals surface area contributed by atoms with Crippen molar-refractivity contribution in [1.82, 2.24) is 20.1 Å². The van der Waals surface area contributed by atoms with Crippen LogP contribution in [-0.4, -0.2) is 78.1 Å². The standard InChI is InChI=1S/C22H27N5O2S2/c1-2-7-23-21(28)15-25-8-10-26(11-9-25)16-22(29)27-18(20-6-4-13-31-20)14-17(24-27)19-5-3-12-30-19/h2-6,12-13,18H,1,7-11,14-16H2,(H,23,28). The Labute approximate surface area is 190 Å². The van der Waals surface area contributed by atoms with Crippen LogP contribution in [0, 0.1) is 0 Å². The molecule has 1 N–H and O–H groups in total. The van der Waals surface area contributed by atoms with Crippen LogP contribution >= 0.6 is 22.7 Å². The van der Waals surface area contributed by atoms with Gasteiger partial charge in [0.2, 0.25) is 5.91 Å². The maximum absolute atomic E-state index is 13.2. The second-order valence-electron chi connectivity index (χ2n) is 7.64. The molecule has 4 rings (SSSR count). The number of hydrogen-bond donors (Lipinski definition) is 1. The number of piperazine rings is 1. The molecule has 2 aliphatic heterocycles. The molecule has 1 fully saturated rings. The van der Waals surface area contributed by atoms with Gasteiger partial charge in [-0.05, 0) is 22.9 Å². The summed E-state index contributed by atoms with van der Waals surface area (Å²) in [5.74, 6) is 0.0397. The molecule has 31 heavy (non-hydrogen) atoms. The third-order valence-corrected chi connectivity index (χ3v) is 7.37. The van der Waals surface area contributed by atoms with Crippen LogP contribution in [0.25, 0.3) is 0 Å². The number of nitrogens with zero attached hydrogens (tertiary/aromatic N) is 4. The normalized spacial score (nSPS) is 19.9. The highest BCUT2D eigenvalue weighted by atomic mass is 32.1. The fraction of sp³-hybridized carbons (Fsp3) is 0.409. The van der Waals surface area contributed by atoms with Gasteiger partial charge in [0.25, 0.3) is 5.91 Å². The van der Waals surface area contributed by atoms with Crippen molar-refractivity contribution >= 4 is 40.2 Å². The number of amides is 2. The highest BCUT2D eigenvalue weighted by molar-refractivity contribution is 7.12. The van der Waals surface area contributed by atoms with Gasteiger partial charge in [0.05, 0.1) is 29.7 Å². The molecule has 1 unspecified atom stereocenters. The average molecular weight is 458 g/mol. The van der Waals surface area contributed by atoms with Gasteiger partial charge in [0.1, 0.15) is 0 Å². The monoisotopic (exact) mass is 457 g/mol. The molecule has 0 saturated carbocycles. The SMILES string of the molecule is C=CCNC(=O)CN1CCN(CC(=O)N2N=C(c3cccs3)CC2c2cccs2)CC1. The molecule has 164 valence electrons. The quantitative estimate of drug-likeness (QED) is 0.618. The van der Waals surface area contributed by atoms with Gasteiger partial charge in [-0.3, -0.25) is 19.4 Å². The molecule has 0 aromatic carbocycles. The van der Waals surface area contributed by atoms with E-state index in [1.165, 1.54) is 4.88 Å². The van der Waals surface area contributed by atoms with E-state index < -0.39 is 0 Å². The van der Waals surface area contributed by atoms with Crippen molar-refractivity contribution in [3.8, 4) is 0 Å². The highest BCUT2D eigenvalue weighted by Crippen LogP contribution is 2.36. The lowest BCUT2D eigenvalue weighted by molar-refractivity contribution is -0.135. The Bertz CT molecular complexity index is 918. The molecule has 2 aliphatic rings. The van der Waals surface area contributed by atoms with E-state index in [2.05, 4.69) is 33.8 Å². The molecule has 2 aromatic rings. The minimum absolute atomic E-state index is 0.00993. The minimum atomic E-state index is -0.0283. The molecule has 1 saturated heterocycles. The molecular weight excluding hydrogens is 430 g/mol. The number of carbonyl (C=O) groups is 2. The zero-order chi connectivity index (χ0) is 21.6. The van der Waals surface area contributed by atoms with E-state index in [0.717, 1.165) is 43.2 Å². The highest BCUT2D eigenvalue weighted by Gasteiger charge is 2.35. The van der Waals surface area contributed by atoms with Crippen LogP contribution in [0.15, 0.2) is 52.8 Å². The predicted molar refractivity (Wildman–Crippen MR) is 125 cm³/mol. The molecule has 2 aromatic heterocycles. The summed E-state index contributed by atoms with van der Waals surface area (Å²) >= 11 is 3.33. The first kappa shape index (κ1) is 21.9. The summed E-state index contributed by atoms with van der Waals surface area (Å²) in [7, 11) is 0. The number of hydrogen-bond acceptors (Lipinski definition) is 7. The van der Waals surface area contributed by atoms with Gasteiger partial charge in [-0.25, -0.2) is 5.01 Å². The van der Waals surface area contributed by atoms with E-state index in [1.807, 2.05) is 22.9 Å². The molecule has 0 bridgehead atoms. The third kappa shape index (κ3) is 5.48. The summed E-state index contributed by atoms with van der Waals surface area (Å²) in [5, 5.41) is 13.3. The largest absolute Gasteiger partial charge is 0.352 e. The van der Waals surface area contributed by atoms with Crippen molar-refractivity contribution in [2.75, 3.05) is 45.8 Å². The number of hydrazone groups is 1. The van der Waals surface area contributed by atoms with Crippen LogP contribution in [-0.2, 0) is 9.59 Å². The number of rotatable bonds is 8. The maximum Gasteiger partial charge on any atom is 0.257 e. The van der Waals surface area contributed by atoms with Crippen LogP contribution in [0.3, 0.4) is 0 Å². The molecule has 7 nitrogen and oxygen atoms in total. The average Bonchev–Trinajstić information content (AvgIpc) is 3.54. The van der Waals surface area contributed by atoms with Crippen LogP contribution in [0.2, 0.25) is 0 Å². The first-order chi connectivity index (χ1) is 15.1. The van der Waals surface area contributed by atoms with Gasteiger partial charge in [0.15, 0.2) is 0 Å². The van der Waals surface area contributed by atoms with Crippen molar-refractivity contribution in [3.63, 3.8) is 0 Å². The van der Waals surface area contributed by atoms with E-state index in [4.69, 9.17) is 5.10 Å². The zero-order valence-corrected chi connectivity index (χ0v) is 19.0. The van der Waals surface area contributed by atoms with E-state index >= 15 is 0 Å². The molecule has 9 heteroatoms. The summed E-state index contributed by atoms with van der Waals surface area (Å²) in [4.78, 5) is 31.7. The summed E-state index contributed by atoms with van der Waals surface area (Å²) in [6.07, 6.45) is 2.43. The van der Waals surface area contributed by atoms with Crippen LogP contribution in [0.1, 0.15) is 22.2 Å². The Balaban J connectivity index is 1.35. The van der Waals surface area contributed by atoms with Gasteiger partial charge < -0.3 is 5.32 Å². The molecular formula is C22H27N5O2S2. The fourth-order valence-electron chi connectivity index (χ4n) is 3.85. The molecule has 4 heterocycles. The van der Waals surface area contributed by atoms with Crippen LogP contribution < -0.4 is 5.32 Å². The van der Waals surface area contributed by atoms with Gasteiger partial charge in [-0.2, -0.15) is 5.10 Å². The Hall–Kier alpha value is -2.33. The van der Waals surface area contributed by atoms with Gasteiger partial charge in [-0.1, -0.05) is 18.2 Å². The molecule has 0 radical (unpaired) electrons. The number of carbonyl (C=O) groups excluding carboxylic acids is 2. The topological polar surface area (TPSA) is 68.2 Å². The van der Waals surface area contributed by atoms with E-state index in [-0.39, 0.29) is 17.9 Å². The van der Waals surface area contributed by atoms with Gasteiger partial charge in [-0.15, -0.1) is 29.3 Å². The molecule has 2 amide bonds. The molecule has 0 spiro atoms. The van der Waals surface area contributed by atoms with E-state index in [0.29, 0.717) is 19.6 Å². The smallest absolute Gasteiger partial charge is 0.257 e. The van der Waals surface area contributed by atoms with E-state index in [1.54, 1.807) is 33.8 Å². The van der Waals surface area contributed by atoms with Crippen molar-refractivity contribution in [2.24, 2.45) is 5.10 Å². The van der Waals surface area contributed by atoms with E-state index in [9.17, 15) is 9.59 Å². The van der Waals surface area contributed by atoms with Crippen LogP contribution in [0.5, 0.6) is 0 Å². The Kier molecular flexibility index (Phi) is 7.29. The second kappa shape index (κ2) is 10.3. The minimum Gasteiger partial charge on any atom is -0.352 e. The lowest BCUT2D eigenvalue weighted by atomic mass is 10.1. The predicted octanol–water partition coefficient (Wildman–Crippen LogP) is 2.41. The van der Waals surface area contributed by atoms with Gasteiger partial charge >= 0.3 is 0 Å². The Morgan fingerprint density at radius 2 is 1.81 bits per heavy atom. The first-order valence-electron chi connectivity index (χ1n) is 10.4. The summed E-state index contributed by atoms with van der Waals surface area (Å²) < 4.78 is 0. The first-order valence-corrected chi connectivity index (χ1v) is 12.2. The van der Waals surface area contributed by atoms with Crippen molar-refractivity contribution in [3.05, 3.63) is 57.4 Å². The fourth-order valence-corrected chi connectivity index (χ4v) is 5.38. The third-order valence-electron chi connectivity index (χ3n) is 5.48. The van der Waals surface area contributed by atoms with Crippen molar-refractivity contribution < 1.29 is 9.59 Å². The maximum atomic E-state index is 13.2. The van der Waals surface area contributed by atoms with Crippen molar-refractivity contribution in [2.45, 2.75) is 12.5 Å². The summed E-state index contributed by atoms with van der Waals surface area (Å²) in [6.45, 7) is 7.90. The van der Waals surface area contributed by atoms with Gasteiger partial charge in [0, 0.05) is 44.0 Å². The summed E-state index contributed by atoms with van der Waals surface area (Å²) in [6, 6.07) is 8.16. The van der Waals surface area contributed by atoms with Crippen molar-refractivity contribution in [1.29, 1.82) is 0 Å². The lowest BCUT2D eigenvalue weighted by Gasteiger charge is -2.34. The molecule has 1 atom stereocenters.